The molecule has 0 saturated heterocycles. The maximum atomic E-state index is 13.3. The highest BCUT2D eigenvalue weighted by Crippen LogP contribution is 2.03. The van der Waals surface area contributed by atoms with Crippen LogP contribution < -0.4 is 14.8 Å². The third-order valence-corrected chi connectivity index (χ3v) is 4.50. The summed E-state index contributed by atoms with van der Waals surface area (Å²) < 4.78 is 20.7. The van der Waals surface area contributed by atoms with Gasteiger partial charge >= 0.3 is 0 Å². The Bertz CT molecular complexity index is 993. The first kappa shape index (κ1) is 18.6. The molecule has 25 heavy (non-hydrogen) atoms. The molecule has 0 aliphatic rings. The van der Waals surface area contributed by atoms with Crippen LogP contribution in [0.5, 0.6) is 0 Å². The quantitative estimate of drug-likeness (QED) is 0.734. The fourth-order valence-corrected chi connectivity index (χ4v) is 3.32. The summed E-state index contributed by atoms with van der Waals surface area (Å²) >= 11 is 1.06. The minimum absolute atomic E-state index is 0.114. The van der Waals surface area contributed by atoms with Crippen molar-refractivity contribution in [2.24, 2.45) is 0 Å². The number of hydrogen-bond donors (Lipinski definition) is 0. The third-order valence-electron chi connectivity index (χ3n) is 3.37. The van der Waals surface area contributed by atoms with Gasteiger partial charge in [0.2, 0.25) is 0 Å². The Morgan fingerprint density at radius 2 is 2.16 bits per heavy atom. The van der Waals surface area contributed by atoms with Crippen molar-refractivity contribution in [3.05, 3.63) is 55.2 Å². The lowest BCUT2D eigenvalue weighted by atomic mass is 10.2. The van der Waals surface area contributed by atoms with Gasteiger partial charge in [-0.2, -0.15) is 10.5 Å². The summed E-state index contributed by atoms with van der Waals surface area (Å²) in [5, 5.41) is 18.3. The molecule has 2 aromatic rings. The van der Waals surface area contributed by atoms with Gasteiger partial charge in [-0.3, -0.25) is 9.36 Å². The highest BCUT2D eigenvalue weighted by Gasteiger charge is 2.09. The molecule has 0 saturated carbocycles. The molecule has 0 aliphatic carbocycles. The van der Waals surface area contributed by atoms with Crippen molar-refractivity contribution in [3.8, 4) is 12.1 Å². The maximum absolute atomic E-state index is 13.3. The van der Waals surface area contributed by atoms with E-state index >= 15 is 0 Å². The number of aromatic nitrogens is 1. The number of rotatable bonds is 6. The summed E-state index contributed by atoms with van der Waals surface area (Å²) in [4.78, 5) is 12.7. The van der Waals surface area contributed by atoms with Crippen LogP contribution in [0.2, 0.25) is 0 Å². The molecule has 0 radical (unpaired) electrons. The standard InChI is InChI=1S/C18H16FN3O2S/c1-2-24-8-4-7-22-17(23)16(25-18(22)14(11-20)12-21)10-13-5-3-6-15(19)9-13/h3,5-6,9-10H,2,4,7-8H2,1H3/b16-10+. The van der Waals surface area contributed by atoms with Crippen LogP contribution in [0, 0.1) is 28.5 Å². The van der Waals surface area contributed by atoms with E-state index in [0.29, 0.717) is 40.9 Å². The van der Waals surface area contributed by atoms with Crippen molar-refractivity contribution < 1.29 is 9.13 Å². The van der Waals surface area contributed by atoms with E-state index in [1.165, 1.54) is 16.7 Å². The van der Waals surface area contributed by atoms with Crippen molar-refractivity contribution in [1.82, 2.24) is 4.57 Å². The molecular weight excluding hydrogens is 341 g/mol. The van der Waals surface area contributed by atoms with E-state index in [2.05, 4.69) is 0 Å². The highest BCUT2D eigenvalue weighted by atomic mass is 32.1. The number of hydrogen-bond acceptors (Lipinski definition) is 5. The van der Waals surface area contributed by atoms with Crippen molar-refractivity contribution in [1.29, 1.82) is 10.5 Å². The number of nitriles is 2. The summed E-state index contributed by atoms with van der Waals surface area (Å²) in [5.41, 5.74) is 0.128. The molecule has 1 heterocycles. The molecule has 5 nitrogen and oxygen atoms in total. The van der Waals surface area contributed by atoms with Crippen molar-refractivity contribution in [2.75, 3.05) is 13.2 Å². The highest BCUT2D eigenvalue weighted by molar-refractivity contribution is 7.07. The first-order valence-corrected chi connectivity index (χ1v) is 8.51. The molecule has 7 heteroatoms. The van der Waals surface area contributed by atoms with E-state index in [1.54, 1.807) is 18.2 Å². The molecule has 0 aliphatic heterocycles. The van der Waals surface area contributed by atoms with Gasteiger partial charge in [0, 0.05) is 19.8 Å². The first-order valence-electron chi connectivity index (χ1n) is 7.70. The number of halogens is 1. The Morgan fingerprint density at radius 3 is 2.80 bits per heavy atom. The van der Waals surface area contributed by atoms with Gasteiger partial charge in [0.05, 0.1) is 4.53 Å². The second-order valence-corrected chi connectivity index (χ2v) is 6.11. The molecule has 1 aromatic heterocycles. The van der Waals surface area contributed by atoms with E-state index in [9.17, 15) is 9.18 Å². The zero-order chi connectivity index (χ0) is 18.2. The summed E-state index contributed by atoms with van der Waals surface area (Å²) in [5.74, 6) is -0.399. The zero-order valence-electron chi connectivity index (χ0n) is 13.7. The molecule has 0 atom stereocenters. The van der Waals surface area contributed by atoms with Crippen LogP contribution in [0.15, 0.2) is 29.1 Å². The Kier molecular flexibility index (Phi) is 6.64. The molecule has 0 bridgehead atoms. The lowest BCUT2D eigenvalue weighted by Crippen LogP contribution is -2.32. The van der Waals surface area contributed by atoms with Crippen LogP contribution in [0.1, 0.15) is 18.9 Å². The minimum Gasteiger partial charge on any atom is -0.382 e. The smallest absolute Gasteiger partial charge is 0.269 e. The van der Waals surface area contributed by atoms with Gasteiger partial charge in [-0.05, 0) is 37.1 Å². The zero-order valence-corrected chi connectivity index (χ0v) is 14.5. The normalized spacial score (nSPS) is 11.1. The molecule has 0 fully saturated rings. The largest absolute Gasteiger partial charge is 0.382 e. The van der Waals surface area contributed by atoms with Crippen LogP contribution in [-0.2, 0) is 11.3 Å². The summed E-state index contributed by atoms with van der Waals surface area (Å²) in [6.07, 6.45) is 2.14. The maximum Gasteiger partial charge on any atom is 0.269 e. The summed E-state index contributed by atoms with van der Waals surface area (Å²) in [7, 11) is 0. The van der Waals surface area contributed by atoms with Crippen molar-refractivity contribution in [3.63, 3.8) is 0 Å². The van der Waals surface area contributed by atoms with Crippen LogP contribution in [0.3, 0.4) is 0 Å². The first-order chi connectivity index (χ1) is 12.1. The second-order valence-electron chi connectivity index (χ2n) is 5.08. The van der Waals surface area contributed by atoms with Gasteiger partial charge < -0.3 is 4.74 Å². The third kappa shape index (κ3) is 4.63. The van der Waals surface area contributed by atoms with Crippen LogP contribution in [0.4, 0.5) is 4.39 Å². The van der Waals surface area contributed by atoms with E-state index in [1.807, 2.05) is 19.1 Å². The molecule has 0 unspecified atom stereocenters. The second kappa shape index (κ2) is 8.93. The predicted octanol–water partition coefficient (Wildman–Crippen LogP) is 1.50. The Morgan fingerprint density at radius 1 is 1.40 bits per heavy atom. The SMILES string of the molecule is CCOCCCn1c(=C(C#N)C#N)s/c(=C/c2cccc(F)c2)c1=O. The fourth-order valence-electron chi connectivity index (χ4n) is 2.25. The molecule has 2 rings (SSSR count). The molecule has 1 aromatic carbocycles. The molecule has 0 N–H and O–H groups in total. The van der Waals surface area contributed by atoms with E-state index < -0.39 is 5.82 Å². The predicted molar refractivity (Wildman–Crippen MR) is 93.5 cm³/mol. The van der Waals surface area contributed by atoms with Crippen LogP contribution >= 0.6 is 11.3 Å². The lowest BCUT2D eigenvalue weighted by Gasteiger charge is -2.02. The van der Waals surface area contributed by atoms with Gasteiger partial charge in [0.25, 0.3) is 5.56 Å². The average Bonchev–Trinajstić information content (AvgIpc) is 2.89. The fraction of sp³-hybridized carbons (Fsp3) is 0.278. The Labute approximate surface area is 148 Å². The number of thiazole rings is 1. The minimum atomic E-state index is -0.399. The van der Waals surface area contributed by atoms with Crippen molar-refractivity contribution in [2.45, 2.75) is 19.9 Å². The van der Waals surface area contributed by atoms with Crippen LogP contribution in [0.25, 0.3) is 11.6 Å². The molecule has 128 valence electrons. The number of nitrogens with zero attached hydrogens (tertiary/aromatic N) is 3. The average molecular weight is 357 g/mol. The van der Waals surface area contributed by atoms with Gasteiger partial charge in [-0.1, -0.05) is 12.1 Å². The number of benzene rings is 1. The van der Waals surface area contributed by atoms with E-state index in [4.69, 9.17) is 15.3 Å². The van der Waals surface area contributed by atoms with E-state index in [0.717, 1.165) is 11.3 Å². The van der Waals surface area contributed by atoms with Gasteiger partial charge in [0.1, 0.15) is 22.6 Å². The summed E-state index contributed by atoms with van der Waals surface area (Å²) in [6, 6.07) is 9.52. The Hall–Kier alpha value is -2.74. The molecule has 0 amide bonds. The Balaban J connectivity index is 2.58. The van der Waals surface area contributed by atoms with Crippen molar-refractivity contribution >= 4 is 23.0 Å². The molecule has 0 spiro atoms. The summed E-state index contributed by atoms with van der Waals surface area (Å²) in [6.45, 7) is 3.29. The monoisotopic (exact) mass is 357 g/mol. The van der Waals surface area contributed by atoms with E-state index in [-0.39, 0.29) is 11.1 Å². The van der Waals surface area contributed by atoms with Gasteiger partial charge in [0.15, 0.2) is 5.57 Å². The van der Waals surface area contributed by atoms with Gasteiger partial charge in [-0.25, -0.2) is 4.39 Å². The lowest BCUT2D eigenvalue weighted by molar-refractivity contribution is 0.141. The van der Waals surface area contributed by atoms with Crippen LogP contribution in [-0.4, -0.2) is 17.8 Å². The number of ether oxygens (including phenoxy) is 1. The van der Waals surface area contributed by atoms with Gasteiger partial charge in [-0.15, -0.1) is 11.3 Å². The topological polar surface area (TPSA) is 78.8 Å². The molecular formula is C18H16FN3O2S.